The van der Waals surface area contributed by atoms with Gasteiger partial charge in [0.25, 0.3) is 11.6 Å². The minimum absolute atomic E-state index is 0.0236. The molecule has 6 heteroatoms. The maximum atomic E-state index is 12.1. The Labute approximate surface area is 127 Å². The summed E-state index contributed by atoms with van der Waals surface area (Å²) in [5, 5.41) is 13.6. The zero-order valence-corrected chi connectivity index (χ0v) is 12.3. The molecule has 0 radical (unpaired) electrons. The average molecular weight is 300 g/mol. The molecule has 2 aromatic rings. The summed E-state index contributed by atoms with van der Waals surface area (Å²) < 4.78 is 5.31. The van der Waals surface area contributed by atoms with Gasteiger partial charge in [0.15, 0.2) is 0 Å². The Morgan fingerprint density at radius 1 is 1.23 bits per heavy atom. The minimum Gasteiger partial charge on any atom is -0.494 e. The van der Waals surface area contributed by atoms with Crippen LogP contribution >= 0.6 is 0 Å². The number of rotatable bonds is 5. The van der Waals surface area contributed by atoms with Crippen molar-refractivity contribution in [2.45, 2.75) is 13.8 Å². The lowest BCUT2D eigenvalue weighted by atomic mass is 10.1. The van der Waals surface area contributed by atoms with Crippen LogP contribution in [0.1, 0.15) is 22.8 Å². The number of nitro groups is 1. The van der Waals surface area contributed by atoms with Crippen molar-refractivity contribution >= 4 is 17.3 Å². The van der Waals surface area contributed by atoms with Gasteiger partial charge in [0, 0.05) is 22.9 Å². The second-order valence-electron chi connectivity index (χ2n) is 4.67. The number of aryl methyl sites for hydroxylation is 1. The molecule has 22 heavy (non-hydrogen) atoms. The molecule has 2 aromatic carbocycles. The molecular weight excluding hydrogens is 284 g/mol. The van der Waals surface area contributed by atoms with Gasteiger partial charge in [0.2, 0.25) is 0 Å². The van der Waals surface area contributed by atoms with E-state index in [0.29, 0.717) is 29.2 Å². The number of carbonyl (C=O) groups excluding carboxylic acids is 1. The predicted octanol–water partition coefficient (Wildman–Crippen LogP) is 3.55. The van der Waals surface area contributed by atoms with E-state index in [1.165, 1.54) is 6.07 Å². The molecule has 0 unspecified atom stereocenters. The van der Waals surface area contributed by atoms with E-state index in [9.17, 15) is 14.9 Å². The molecule has 2 rings (SSSR count). The molecule has 1 amide bonds. The second-order valence-corrected chi connectivity index (χ2v) is 4.67. The van der Waals surface area contributed by atoms with Crippen molar-refractivity contribution in [2.24, 2.45) is 0 Å². The van der Waals surface area contributed by atoms with E-state index >= 15 is 0 Å². The van der Waals surface area contributed by atoms with Crippen LogP contribution in [0.4, 0.5) is 11.4 Å². The van der Waals surface area contributed by atoms with Crippen molar-refractivity contribution in [1.82, 2.24) is 0 Å². The first-order chi connectivity index (χ1) is 10.5. The first-order valence-electron chi connectivity index (χ1n) is 6.80. The Balaban J connectivity index is 2.14. The number of nitrogens with zero attached hydrogens (tertiary/aromatic N) is 1. The minimum atomic E-state index is -0.470. The van der Waals surface area contributed by atoms with Crippen molar-refractivity contribution < 1.29 is 14.5 Å². The molecule has 0 bridgehead atoms. The van der Waals surface area contributed by atoms with Gasteiger partial charge in [0.05, 0.1) is 11.5 Å². The van der Waals surface area contributed by atoms with Gasteiger partial charge in [-0.15, -0.1) is 0 Å². The quantitative estimate of drug-likeness (QED) is 0.676. The number of nitrogens with one attached hydrogen (secondary N) is 1. The van der Waals surface area contributed by atoms with Gasteiger partial charge in [0.1, 0.15) is 5.75 Å². The summed E-state index contributed by atoms with van der Waals surface area (Å²) in [5.41, 5.74) is 1.36. The van der Waals surface area contributed by atoms with E-state index in [2.05, 4.69) is 5.32 Å². The molecule has 0 aliphatic heterocycles. The number of amides is 1. The Morgan fingerprint density at radius 2 is 1.91 bits per heavy atom. The fourth-order valence-electron chi connectivity index (χ4n) is 1.96. The summed E-state index contributed by atoms with van der Waals surface area (Å²) in [6.07, 6.45) is 0. The van der Waals surface area contributed by atoms with Crippen LogP contribution in [0.15, 0.2) is 42.5 Å². The highest BCUT2D eigenvalue weighted by atomic mass is 16.6. The van der Waals surface area contributed by atoms with Gasteiger partial charge in [-0.25, -0.2) is 0 Å². The third kappa shape index (κ3) is 3.60. The van der Waals surface area contributed by atoms with Crippen LogP contribution in [0.3, 0.4) is 0 Å². The SMILES string of the molecule is CCOc1ccc(C(=O)Nc2ccc(C)c([N+](=O)[O-])c2)cc1. The van der Waals surface area contributed by atoms with Crippen LogP contribution in [-0.2, 0) is 0 Å². The van der Waals surface area contributed by atoms with E-state index in [1.807, 2.05) is 6.92 Å². The summed E-state index contributed by atoms with van der Waals surface area (Å²) in [6, 6.07) is 11.3. The average Bonchev–Trinajstić information content (AvgIpc) is 2.50. The van der Waals surface area contributed by atoms with E-state index < -0.39 is 4.92 Å². The van der Waals surface area contributed by atoms with Crippen LogP contribution in [0.2, 0.25) is 0 Å². The van der Waals surface area contributed by atoms with Crippen molar-refractivity contribution in [3.63, 3.8) is 0 Å². The highest BCUT2D eigenvalue weighted by Gasteiger charge is 2.13. The summed E-state index contributed by atoms with van der Waals surface area (Å²) in [4.78, 5) is 22.6. The molecule has 0 atom stereocenters. The highest BCUT2D eigenvalue weighted by Crippen LogP contribution is 2.23. The van der Waals surface area contributed by atoms with Crippen molar-refractivity contribution in [3.8, 4) is 5.75 Å². The van der Waals surface area contributed by atoms with Gasteiger partial charge >= 0.3 is 0 Å². The van der Waals surface area contributed by atoms with Crippen LogP contribution in [0.5, 0.6) is 5.75 Å². The molecule has 0 aromatic heterocycles. The van der Waals surface area contributed by atoms with Gasteiger partial charge in [-0.05, 0) is 44.2 Å². The van der Waals surface area contributed by atoms with Gasteiger partial charge in [-0.2, -0.15) is 0 Å². The Hall–Kier alpha value is -2.89. The summed E-state index contributed by atoms with van der Waals surface area (Å²) in [7, 11) is 0. The number of carbonyl (C=O) groups is 1. The summed E-state index contributed by atoms with van der Waals surface area (Å²) in [6.45, 7) is 4.08. The van der Waals surface area contributed by atoms with Crippen molar-refractivity contribution in [1.29, 1.82) is 0 Å². The second kappa shape index (κ2) is 6.71. The van der Waals surface area contributed by atoms with E-state index in [0.717, 1.165) is 0 Å². The highest BCUT2D eigenvalue weighted by molar-refractivity contribution is 6.04. The first kappa shape index (κ1) is 15.5. The lowest BCUT2D eigenvalue weighted by Crippen LogP contribution is -2.12. The molecule has 0 aliphatic carbocycles. The van der Waals surface area contributed by atoms with E-state index in [1.54, 1.807) is 43.3 Å². The fraction of sp³-hybridized carbons (Fsp3) is 0.188. The van der Waals surface area contributed by atoms with Crippen LogP contribution in [-0.4, -0.2) is 17.4 Å². The zero-order valence-electron chi connectivity index (χ0n) is 12.3. The number of nitro benzene ring substituents is 1. The van der Waals surface area contributed by atoms with E-state index in [-0.39, 0.29) is 11.6 Å². The lowest BCUT2D eigenvalue weighted by molar-refractivity contribution is -0.385. The van der Waals surface area contributed by atoms with Gasteiger partial charge in [-0.1, -0.05) is 6.07 Å². The predicted molar refractivity (Wildman–Crippen MR) is 83.4 cm³/mol. The first-order valence-corrected chi connectivity index (χ1v) is 6.80. The Kier molecular flexibility index (Phi) is 4.73. The summed E-state index contributed by atoms with van der Waals surface area (Å²) >= 11 is 0. The van der Waals surface area contributed by atoms with Crippen LogP contribution in [0, 0.1) is 17.0 Å². The number of anilines is 1. The normalized spacial score (nSPS) is 10.1. The molecule has 0 saturated carbocycles. The maximum Gasteiger partial charge on any atom is 0.274 e. The van der Waals surface area contributed by atoms with E-state index in [4.69, 9.17) is 4.74 Å². The van der Waals surface area contributed by atoms with Gasteiger partial charge < -0.3 is 10.1 Å². The van der Waals surface area contributed by atoms with Crippen molar-refractivity contribution in [3.05, 3.63) is 63.7 Å². The van der Waals surface area contributed by atoms with Crippen LogP contribution in [0.25, 0.3) is 0 Å². The third-order valence-corrected chi connectivity index (χ3v) is 3.09. The molecule has 0 saturated heterocycles. The van der Waals surface area contributed by atoms with Crippen molar-refractivity contribution in [2.75, 3.05) is 11.9 Å². The molecule has 6 nitrogen and oxygen atoms in total. The number of hydrogen-bond acceptors (Lipinski definition) is 4. The lowest BCUT2D eigenvalue weighted by Gasteiger charge is -2.07. The largest absolute Gasteiger partial charge is 0.494 e. The topological polar surface area (TPSA) is 81.5 Å². The monoisotopic (exact) mass is 300 g/mol. The molecule has 1 N–H and O–H groups in total. The molecule has 0 heterocycles. The Morgan fingerprint density at radius 3 is 2.50 bits per heavy atom. The molecule has 0 fully saturated rings. The zero-order chi connectivity index (χ0) is 16.1. The third-order valence-electron chi connectivity index (χ3n) is 3.09. The Bertz CT molecular complexity index is 696. The number of hydrogen-bond donors (Lipinski definition) is 1. The number of ether oxygens (including phenoxy) is 1. The number of benzene rings is 2. The molecular formula is C16H16N2O4. The fourth-order valence-corrected chi connectivity index (χ4v) is 1.96. The van der Waals surface area contributed by atoms with Crippen LogP contribution < -0.4 is 10.1 Å². The summed E-state index contributed by atoms with van der Waals surface area (Å²) in [5.74, 6) is 0.353. The maximum absolute atomic E-state index is 12.1. The molecule has 0 aliphatic rings. The molecule has 114 valence electrons. The standard InChI is InChI=1S/C16H16N2O4/c1-3-22-14-8-5-12(6-9-14)16(19)17-13-7-4-11(2)15(10-13)18(20)21/h4-10H,3H2,1-2H3,(H,17,19). The smallest absolute Gasteiger partial charge is 0.274 e. The van der Waals surface area contributed by atoms with Gasteiger partial charge in [-0.3, -0.25) is 14.9 Å². The molecule has 0 spiro atoms.